The van der Waals surface area contributed by atoms with Gasteiger partial charge in [-0.2, -0.15) is 13.2 Å². The second kappa shape index (κ2) is 5.10. The van der Waals surface area contributed by atoms with Crippen molar-refractivity contribution in [1.29, 1.82) is 0 Å². The van der Waals surface area contributed by atoms with Gasteiger partial charge in [0, 0.05) is 49.3 Å². The van der Waals surface area contributed by atoms with E-state index >= 15 is 0 Å². The lowest BCUT2D eigenvalue weighted by atomic mass is 10.1. The summed E-state index contributed by atoms with van der Waals surface area (Å²) >= 11 is 0. The molecule has 1 aromatic carbocycles. The van der Waals surface area contributed by atoms with Crippen molar-refractivity contribution in [2.75, 3.05) is 26.2 Å². The fourth-order valence-electron chi connectivity index (χ4n) is 2.66. The highest BCUT2D eigenvalue weighted by Gasteiger charge is 2.32. The average molecular weight is 283 g/mol. The van der Waals surface area contributed by atoms with Crippen molar-refractivity contribution in [1.82, 2.24) is 15.2 Å². The Bertz CT molecular complexity index is 597. The normalized spacial score (nSPS) is 17.8. The first-order valence-electron chi connectivity index (χ1n) is 6.65. The van der Waals surface area contributed by atoms with E-state index in [1.54, 1.807) is 12.1 Å². The Labute approximate surface area is 114 Å². The minimum absolute atomic E-state index is 0.255. The van der Waals surface area contributed by atoms with E-state index in [2.05, 4.69) is 15.2 Å². The molecule has 1 aromatic heterocycles. The van der Waals surface area contributed by atoms with E-state index < -0.39 is 11.7 Å². The second-order valence-electron chi connectivity index (χ2n) is 5.09. The zero-order chi connectivity index (χ0) is 14.2. The van der Waals surface area contributed by atoms with Gasteiger partial charge in [0.05, 0.1) is 5.56 Å². The number of alkyl halides is 3. The molecule has 2 N–H and O–H groups in total. The predicted octanol–water partition coefficient (Wildman–Crippen LogP) is 2.59. The van der Waals surface area contributed by atoms with Crippen LogP contribution in [0, 0.1) is 0 Å². The highest BCUT2D eigenvalue weighted by Crippen LogP contribution is 2.35. The first-order chi connectivity index (χ1) is 9.54. The zero-order valence-corrected chi connectivity index (χ0v) is 10.9. The minimum Gasteiger partial charge on any atom is -0.357 e. The zero-order valence-electron chi connectivity index (χ0n) is 10.9. The molecular formula is C14H16F3N3. The van der Waals surface area contributed by atoms with Gasteiger partial charge in [-0.05, 0) is 18.2 Å². The first-order valence-corrected chi connectivity index (χ1v) is 6.65. The molecule has 1 aliphatic heterocycles. The number of piperazine rings is 1. The molecule has 2 heterocycles. The van der Waals surface area contributed by atoms with E-state index in [1.165, 1.54) is 6.07 Å². The summed E-state index contributed by atoms with van der Waals surface area (Å²) < 4.78 is 38.9. The van der Waals surface area contributed by atoms with Crippen LogP contribution in [0.1, 0.15) is 11.3 Å². The van der Waals surface area contributed by atoms with E-state index in [1.807, 2.05) is 0 Å². The summed E-state index contributed by atoms with van der Waals surface area (Å²) in [6.07, 6.45) is -4.31. The van der Waals surface area contributed by atoms with E-state index in [9.17, 15) is 13.2 Å². The standard InChI is InChI=1S/C14H16F3N3/c15-14(16,17)12-2-1-3-13-11(12)8-10(19-13)9-20-6-4-18-5-7-20/h1-3,8,18-19H,4-7,9H2. The Morgan fingerprint density at radius 3 is 2.60 bits per heavy atom. The van der Waals surface area contributed by atoms with Gasteiger partial charge in [-0.3, -0.25) is 4.90 Å². The third kappa shape index (κ3) is 2.66. The number of benzene rings is 1. The van der Waals surface area contributed by atoms with Gasteiger partial charge in [0.1, 0.15) is 0 Å². The molecule has 0 unspecified atom stereocenters. The largest absolute Gasteiger partial charge is 0.417 e. The molecule has 1 fully saturated rings. The van der Waals surface area contributed by atoms with Crippen molar-refractivity contribution in [2.45, 2.75) is 12.7 Å². The summed E-state index contributed by atoms with van der Waals surface area (Å²) in [4.78, 5) is 5.32. The van der Waals surface area contributed by atoms with Crippen LogP contribution >= 0.6 is 0 Å². The molecule has 0 radical (unpaired) electrons. The van der Waals surface area contributed by atoms with E-state index in [0.29, 0.717) is 12.1 Å². The monoisotopic (exact) mass is 283 g/mol. The number of H-pyrrole nitrogens is 1. The number of halogens is 3. The van der Waals surface area contributed by atoms with Gasteiger partial charge in [0.15, 0.2) is 0 Å². The van der Waals surface area contributed by atoms with Crippen molar-refractivity contribution in [3.8, 4) is 0 Å². The Morgan fingerprint density at radius 2 is 1.90 bits per heavy atom. The van der Waals surface area contributed by atoms with Crippen LogP contribution in [0.15, 0.2) is 24.3 Å². The van der Waals surface area contributed by atoms with Crippen LogP contribution in [0.2, 0.25) is 0 Å². The molecule has 6 heteroatoms. The van der Waals surface area contributed by atoms with Crippen LogP contribution in [0.3, 0.4) is 0 Å². The van der Waals surface area contributed by atoms with Gasteiger partial charge in [0.25, 0.3) is 0 Å². The summed E-state index contributed by atoms with van der Waals surface area (Å²) in [7, 11) is 0. The Balaban J connectivity index is 1.90. The maximum absolute atomic E-state index is 13.0. The molecule has 108 valence electrons. The van der Waals surface area contributed by atoms with Crippen LogP contribution in [0.25, 0.3) is 10.9 Å². The van der Waals surface area contributed by atoms with Gasteiger partial charge < -0.3 is 10.3 Å². The molecule has 0 aliphatic carbocycles. The molecule has 3 rings (SSSR count). The van der Waals surface area contributed by atoms with Gasteiger partial charge >= 0.3 is 6.18 Å². The number of aromatic amines is 1. The van der Waals surface area contributed by atoms with Crippen molar-refractivity contribution in [2.24, 2.45) is 0 Å². The van der Waals surface area contributed by atoms with E-state index in [0.717, 1.165) is 37.9 Å². The van der Waals surface area contributed by atoms with Crippen LogP contribution in [0.5, 0.6) is 0 Å². The summed E-state index contributed by atoms with van der Waals surface area (Å²) in [5.74, 6) is 0. The predicted molar refractivity (Wildman–Crippen MR) is 71.4 cm³/mol. The highest BCUT2D eigenvalue weighted by molar-refractivity contribution is 5.84. The molecule has 3 nitrogen and oxygen atoms in total. The third-order valence-corrected chi connectivity index (χ3v) is 3.63. The summed E-state index contributed by atoms with van der Waals surface area (Å²) in [6, 6.07) is 5.88. The van der Waals surface area contributed by atoms with Crippen molar-refractivity contribution >= 4 is 10.9 Å². The molecule has 1 aliphatic rings. The highest BCUT2D eigenvalue weighted by atomic mass is 19.4. The van der Waals surface area contributed by atoms with Gasteiger partial charge in [-0.1, -0.05) is 6.07 Å². The lowest BCUT2D eigenvalue weighted by Crippen LogP contribution is -2.42. The summed E-state index contributed by atoms with van der Waals surface area (Å²) in [5, 5.41) is 3.51. The maximum atomic E-state index is 13.0. The topological polar surface area (TPSA) is 31.1 Å². The van der Waals surface area contributed by atoms with E-state index in [4.69, 9.17) is 0 Å². The number of nitrogens with one attached hydrogen (secondary N) is 2. The molecule has 1 saturated heterocycles. The van der Waals surface area contributed by atoms with Crippen molar-refractivity contribution in [3.63, 3.8) is 0 Å². The smallest absolute Gasteiger partial charge is 0.357 e. The molecule has 2 aromatic rings. The Morgan fingerprint density at radius 1 is 1.15 bits per heavy atom. The Hall–Kier alpha value is -1.53. The summed E-state index contributed by atoms with van der Waals surface area (Å²) in [5.41, 5.74) is 0.807. The van der Waals surface area contributed by atoms with Gasteiger partial charge in [0.2, 0.25) is 0 Å². The number of hydrogen-bond donors (Lipinski definition) is 2. The number of hydrogen-bond acceptors (Lipinski definition) is 2. The molecule has 0 amide bonds. The van der Waals surface area contributed by atoms with Gasteiger partial charge in [-0.15, -0.1) is 0 Å². The third-order valence-electron chi connectivity index (χ3n) is 3.63. The van der Waals surface area contributed by atoms with Crippen molar-refractivity contribution < 1.29 is 13.2 Å². The molecular weight excluding hydrogens is 267 g/mol. The number of fused-ring (bicyclic) bond motifs is 1. The van der Waals surface area contributed by atoms with Crippen LogP contribution in [0.4, 0.5) is 13.2 Å². The maximum Gasteiger partial charge on any atom is 0.417 e. The Kier molecular flexibility index (Phi) is 3.43. The minimum atomic E-state index is -4.31. The number of nitrogens with zero attached hydrogens (tertiary/aromatic N) is 1. The molecule has 20 heavy (non-hydrogen) atoms. The molecule has 0 saturated carbocycles. The fourth-order valence-corrected chi connectivity index (χ4v) is 2.66. The second-order valence-corrected chi connectivity index (χ2v) is 5.09. The quantitative estimate of drug-likeness (QED) is 0.887. The lowest BCUT2D eigenvalue weighted by Gasteiger charge is -2.26. The fraction of sp³-hybridized carbons (Fsp3) is 0.429. The lowest BCUT2D eigenvalue weighted by molar-refractivity contribution is -0.136. The van der Waals surface area contributed by atoms with Crippen molar-refractivity contribution in [3.05, 3.63) is 35.5 Å². The van der Waals surface area contributed by atoms with Crippen LogP contribution in [-0.4, -0.2) is 36.1 Å². The number of aromatic nitrogens is 1. The van der Waals surface area contributed by atoms with Crippen LogP contribution < -0.4 is 5.32 Å². The first kappa shape index (κ1) is 13.5. The van der Waals surface area contributed by atoms with Crippen LogP contribution in [-0.2, 0) is 12.7 Å². The average Bonchev–Trinajstić information content (AvgIpc) is 2.80. The van der Waals surface area contributed by atoms with E-state index in [-0.39, 0.29) is 5.39 Å². The molecule has 0 spiro atoms. The number of rotatable bonds is 2. The molecule has 0 bridgehead atoms. The SMILES string of the molecule is FC(F)(F)c1cccc2[nH]c(CN3CCNCC3)cc12. The van der Waals surface area contributed by atoms with Gasteiger partial charge in [-0.25, -0.2) is 0 Å². The summed E-state index contributed by atoms with van der Waals surface area (Å²) in [6.45, 7) is 4.35. The molecule has 0 atom stereocenters.